The van der Waals surface area contributed by atoms with Gasteiger partial charge in [-0.3, -0.25) is 4.79 Å². The molecule has 1 aromatic rings. The Morgan fingerprint density at radius 2 is 2.07 bits per heavy atom. The van der Waals surface area contributed by atoms with Gasteiger partial charge in [-0.1, -0.05) is 12.5 Å². The largest absolute Gasteiger partial charge is 0.355 e. The molecule has 2 unspecified atom stereocenters. The minimum atomic E-state index is -3.56. The van der Waals surface area contributed by atoms with E-state index in [-0.39, 0.29) is 5.91 Å². The highest BCUT2D eigenvalue weighted by Gasteiger charge is 2.39. The molecule has 1 aromatic heterocycles. The number of nitrogens with zero attached hydrogens (tertiary/aromatic N) is 2. The van der Waals surface area contributed by atoms with Crippen LogP contribution in [0.3, 0.4) is 0 Å². The van der Waals surface area contributed by atoms with Crippen LogP contribution in [0, 0.1) is 0 Å². The summed E-state index contributed by atoms with van der Waals surface area (Å²) in [5.41, 5.74) is 0. The van der Waals surface area contributed by atoms with Gasteiger partial charge < -0.3 is 10.2 Å². The second-order valence-electron chi connectivity index (χ2n) is 7.58. The molecule has 152 valence electrons. The van der Waals surface area contributed by atoms with Crippen molar-refractivity contribution in [2.75, 3.05) is 26.2 Å². The summed E-state index contributed by atoms with van der Waals surface area (Å²) in [6, 6.07) is 3.43. The molecule has 3 heterocycles. The number of rotatable bonds is 8. The fourth-order valence-corrected chi connectivity index (χ4v) is 6.85. The highest BCUT2D eigenvalue weighted by atomic mass is 32.2. The van der Waals surface area contributed by atoms with E-state index < -0.39 is 16.1 Å². The summed E-state index contributed by atoms with van der Waals surface area (Å²) in [6.45, 7) is 5.60. The normalized spacial score (nSPS) is 24.9. The lowest BCUT2D eigenvalue weighted by Crippen LogP contribution is -2.46. The number of amides is 1. The fraction of sp³-hybridized carbons (Fsp3) is 0.737. The molecule has 2 atom stereocenters. The first-order valence-electron chi connectivity index (χ1n) is 10.1. The van der Waals surface area contributed by atoms with E-state index in [1.54, 1.807) is 17.5 Å². The first kappa shape index (κ1) is 20.8. The molecule has 0 spiro atoms. The number of carbonyl (C=O) groups is 1. The van der Waals surface area contributed by atoms with E-state index >= 15 is 0 Å². The van der Waals surface area contributed by atoms with Crippen molar-refractivity contribution in [3.63, 3.8) is 0 Å². The van der Waals surface area contributed by atoms with Crippen LogP contribution >= 0.6 is 11.3 Å². The van der Waals surface area contributed by atoms with E-state index in [1.807, 2.05) is 0 Å². The predicted molar refractivity (Wildman–Crippen MR) is 108 cm³/mol. The standard InChI is InChI=1S/C19H31N3O3S2/c1-16-8-2-4-12-21(16)13-5-3-11-20-19(23)17-9-6-14-22(17)27(24,25)18-10-7-15-26-18/h7,10,15-17H,2-6,8-9,11-14H2,1H3,(H,20,23). The summed E-state index contributed by atoms with van der Waals surface area (Å²) >= 11 is 1.20. The second-order valence-corrected chi connectivity index (χ2v) is 10.6. The maximum Gasteiger partial charge on any atom is 0.253 e. The van der Waals surface area contributed by atoms with Gasteiger partial charge in [0.05, 0.1) is 0 Å². The number of likely N-dealkylation sites (tertiary alicyclic amines) is 1. The van der Waals surface area contributed by atoms with Crippen LogP contribution in [-0.4, -0.2) is 61.8 Å². The molecule has 0 bridgehead atoms. The topological polar surface area (TPSA) is 69.7 Å². The van der Waals surface area contributed by atoms with Gasteiger partial charge in [0.2, 0.25) is 5.91 Å². The smallest absolute Gasteiger partial charge is 0.253 e. The van der Waals surface area contributed by atoms with E-state index in [2.05, 4.69) is 17.1 Å². The van der Waals surface area contributed by atoms with Gasteiger partial charge in [0.1, 0.15) is 10.3 Å². The number of hydrogen-bond acceptors (Lipinski definition) is 5. The first-order valence-corrected chi connectivity index (χ1v) is 12.4. The molecule has 27 heavy (non-hydrogen) atoms. The summed E-state index contributed by atoms with van der Waals surface area (Å²) in [5, 5.41) is 4.71. The fourth-order valence-electron chi connectivity index (χ4n) is 4.07. The highest BCUT2D eigenvalue weighted by molar-refractivity contribution is 7.91. The average Bonchev–Trinajstić information content (AvgIpc) is 3.35. The first-order chi connectivity index (χ1) is 13.0. The summed E-state index contributed by atoms with van der Waals surface area (Å²) in [5.74, 6) is -0.154. The van der Waals surface area contributed by atoms with E-state index in [0.29, 0.717) is 29.8 Å². The molecule has 3 rings (SSSR count). The van der Waals surface area contributed by atoms with Crippen LogP contribution in [0.5, 0.6) is 0 Å². The van der Waals surface area contributed by atoms with Gasteiger partial charge in [0.25, 0.3) is 10.0 Å². The number of nitrogens with one attached hydrogen (secondary N) is 1. The lowest BCUT2D eigenvalue weighted by Gasteiger charge is -2.33. The zero-order chi connectivity index (χ0) is 19.3. The van der Waals surface area contributed by atoms with E-state index in [1.165, 1.54) is 41.4 Å². The van der Waals surface area contributed by atoms with Gasteiger partial charge in [-0.05, 0) is 70.0 Å². The third-order valence-corrected chi connectivity index (χ3v) is 8.96. The van der Waals surface area contributed by atoms with Crippen LogP contribution in [0.25, 0.3) is 0 Å². The Morgan fingerprint density at radius 1 is 1.22 bits per heavy atom. The molecule has 0 aromatic carbocycles. The van der Waals surface area contributed by atoms with Gasteiger partial charge in [-0.15, -0.1) is 11.3 Å². The van der Waals surface area contributed by atoms with Crippen LogP contribution < -0.4 is 5.32 Å². The Kier molecular flexibility index (Phi) is 7.30. The number of unbranched alkanes of at least 4 members (excludes halogenated alkanes) is 1. The summed E-state index contributed by atoms with van der Waals surface area (Å²) in [6.07, 6.45) is 7.23. The molecule has 1 amide bonds. The Labute approximate surface area is 167 Å². The minimum Gasteiger partial charge on any atom is -0.355 e. The number of sulfonamides is 1. The van der Waals surface area contributed by atoms with Gasteiger partial charge in [-0.25, -0.2) is 8.42 Å². The maximum atomic E-state index is 12.7. The molecule has 1 N–H and O–H groups in total. The van der Waals surface area contributed by atoms with Crippen molar-refractivity contribution in [1.82, 2.24) is 14.5 Å². The van der Waals surface area contributed by atoms with Gasteiger partial charge in [0, 0.05) is 19.1 Å². The third-order valence-electron chi connectivity index (χ3n) is 5.68. The van der Waals surface area contributed by atoms with Crippen molar-refractivity contribution < 1.29 is 13.2 Å². The molecule has 2 saturated heterocycles. The van der Waals surface area contributed by atoms with E-state index in [4.69, 9.17) is 0 Å². The molecular weight excluding hydrogens is 382 g/mol. The summed E-state index contributed by atoms with van der Waals surface area (Å²) in [7, 11) is -3.56. The van der Waals surface area contributed by atoms with Crippen molar-refractivity contribution in [2.24, 2.45) is 0 Å². The van der Waals surface area contributed by atoms with Crippen molar-refractivity contribution in [2.45, 2.75) is 68.2 Å². The van der Waals surface area contributed by atoms with E-state index in [9.17, 15) is 13.2 Å². The lowest BCUT2D eigenvalue weighted by molar-refractivity contribution is -0.124. The molecule has 0 radical (unpaired) electrons. The van der Waals surface area contributed by atoms with Crippen LogP contribution in [-0.2, 0) is 14.8 Å². The molecule has 0 saturated carbocycles. The quantitative estimate of drug-likeness (QED) is 0.665. The molecule has 2 fully saturated rings. The van der Waals surface area contributed by atoms with Crippen molar-refractivity contribution in [1.29, 1.82) is 0 Å². The number of thiophene rings is 1. The van der Waals surface area contributed by atoms with Crippen LogP contribution in [0.15, 0.2) is 21.7 Å². The van der Waals surface area contributed by atoms with Crippen molar-refractivity contribution >= 4 is 27.3 Å². The monoisotopic (exact) mass is 413 g/mol. The molecule has 0 aliphatic carbocycles. The van der Waals surface area contributed by atoms with Crippen LogP contribution in [0.4, 0.5) is 0 Å². The Hall–Kier alpha value is -0.960. The average molecular weight is 414 g/mol. The lowest BCUT2D eigenvalue weighted by atomic mass is 10.0. The summed E-state index contributed by atoms with van der Waals surface area (Å²) < 4.78 is 27.2. The van der Waals surface area contributed by atoms with Crippen LogP contribution in [0.2, 0.25) is 0 Å². The van der Waals surface area contributed by atoms with Gasteiger partial charge >= 0.3 is 0 Å². The summed E-state index contributed by atoms with van der Waals surface area (Å²) in [4.78, 5) is 15.1. The highest BCUT2D eigenvalue weighted by Crippen LogP contribution is 2.28. The number of hydrogen-bond donors (Lipinski definition) is 1. The van der Waals surface area contributed by atoms with Gasteiger partial charge in [0.15, 0.2) is 0 Å². The Balaban J connectivity index is 1.43. The minimum absolute atomic E-state index is 0.154. The Bertz CT molecular complexity index is 706. The number of piperidine rings is 1. The molecule has 6 nitrogen and oxygen atoms in total. The SMILES string of the molecule is CC1CCCCN1CCCCNC(=O)C1CCCN1S(=O)(=O)c1cccs1. The maximum absolute atomic E-state index is 12.7. The predicted octanol–water partition coefficient (Wildman–Crippen LogP) is 2.67. The van der Waals surface area contributed by atoms with E-state index in [0.717, 1.165) is 25.8 Å². The molecule has 2 aliphatic heterocycles. The molecule has 8 heteroatoms. The van der Waals surface area contributed by atoms with Crippen molar-refractivity contribution in [3.05, 3.63) is 17.5 Å². The van der Waals surface area contributed by atoms with Gasteiger partial charge in [-0.2, -0.15) is 4.31 Å². The number of carbonyl (C=O) groups excluding carboxylic acids is 1. The Morgan fingerprint density at radius 3 is 2.81 bits per heavy atom. The zero-order valence-corrected chi connectivity index (χ0v) is 17.7. The molecule has 2 aliphatic rings. The molecular formula is C19H31N3O3S2. The third kappa shape index (κ3) is 5.10. The van der Waals surface area contributed by atoms with Crippen LogP contribution in [0.1, 0.15) is 51.9 Å². The van der Waals surface area contributed by atoms with Crippen molar-refractivity contribution in [3.8, 4) is 0 Å². The second kappa shape index (κ2) is 9.49. The zero-order valence-electron chi connectivity index (χ0n) is 16.1.